The molecule has 0 radical (unpaired) electrons. The van der Waals surface area contributed by atoms with Crippen LogP contribution in [0.15, 0.2) is 237 Å². The van der Waals surface area contributed by atoms with Crippen LogP contribution < -0.4 is 20.7 Å². The molecular weight excluding hydrogens is 1690 g/mol. The van der Waals surface area contributed by atoms with Crippen molar-refractivity contribution in [3.63, 3.8) is 0 Å². The van der Waals surface area contributed by atoms with Gasteiger partial charge in [0.25, 0.3) is 0 Å². The van der Waals surface area contributed by atoms with Crippen molar-refractivity contribution in [3.8, 4) is 0 Å². The van der Waals surface area contributed by atoms with Gasteiger partial charge in [0.15, 0.2) is 0 Å². The van der Waals surface area contributed by atoms with Crippen LogP contribution in [0.1, 0.15) is 99.3 Å². The second-order valence-electron chi connectivity index (χ2n) is 30.9. The second-order valence-corrected chi connectivity index (χ2v) is 100. The molecule has 14 rings (SSSR count). The van der Waals surface area contributed by atoms with E-state index in [0.29, 0.717) is 0 Å². The van der Waals surface area contributed by atoms with Crippen LogP contribution in [0.4, 0.5) is 0 Å². The summed E-state index contributed by atoms with van der Waals surface area (Å²) in [6.45, 7) is 33.5. The van der Waals surface area contributed by atoms with Gasteiger partial charge in [0.2, 0.25) is 0 Å². The van der Waals surface area contributed by atoms with E-state index in [1.165, 1.54) is 66.9 Å². The maximum atomic E-state index is 11.8. The molecule has 0 amide bonds. The van der Waals surface area contributed by atoms with Crippen LogP contribution in [0.25, 0.3) is 0 Å². The summed E-state index contributed by atoms with van der Waals surface area (Å²) in [5, 5.41) is 10.3. The van der Waals surface area contributed by atoms with E-state index in [1.54, 1.807) is 0 Å². The third-order valence-electron chi connectivity index (χ3n) is 26.2. The summed E-state index contributed by atoms with van der Waals surface area (Å²) in [6, 6.07) is 17.8. The van der Waals surface area contributed by atoms with Gasteiger partial charge in [0.05, 0.1) is 0 Å². The molecule has 99 heavy (non-hydrogen) atoms. The Morgan fingerprint density at radius 1 is 0.323 bits per heavy atom. The molecule has 2 saturated heterocycles. The molecule has 10 aliphatic rings. The molecule has 5 spiro atoms. The van der Waals surface area contributed by atoms with Crippen LogP contribution in [-0.4, -0.2) is 52.8 Å². The molecule has 8 aliphatic carbocycles. The zero-order valence-corrected chi connectivity index (χ0v) is 77.1. The number of halogens is 10. The number of rotatable bonds is 12. The number of hydrogen-bond acceptors (Lipinski definition) is 0. The van der Waals surface area contributed by atoms with Crippen LogP contribution in [-0.2, 0) is 14.7 Å². The average molecular weight is 1780 g/mol. The van der Waals surface area contributed by atoms with Gasteiger partial charge in [-0.15, -0.1) is 0 Å². The minimum absolute atomic E-state index is 0.232. The summed E-state index contributed by atoms with van der Waals surface area (Å²) in [7, 11) is 12.3. The van der Waals surface area contributed by atoms with E-state index >= 15 is 0 Å². The van der Waals surface area contributed by atoms with Gasteiger partial charge in [-0.3, -0.25) is 0 Å². The van der Waals surface area contributed by atoms with Gasteiger partial charge in [-0.2, -0.15) is 0 Å². The van der Waals surface area contributed by atoms with Gasteiger partial charge >= 0.3 is 651 Å². The van der Waals surface area contributed by atoms with E-state index in [-0.39, 0.29) is 23.7 Å². The monoisotopic (exact) mass is 1770 g/mol. The molecule has 4 aromatic carbocycles. The SMILES string of the molecule is CCC1=CC2=C(C=CC=CC2c2cc(Cl)c([SiH](C)C)c(Cl)c2)[C]12[SiH](C)[C]1(C(CC)=CC3=C1C=CC=CC3c1cc(Cl)c([SiH](C)C)c(Cl)c1)[Hf]21([Cl])([Cl])[C]2(C(CC)=CC3=C2C=CC=CC3c2cc(Cl)c([SiH](C)C)c(Cl)c2)[SiH](C)[C]12C(CC)=CC1=C2C=CC=CC1c1cc(Cl)c([SiH](C)C)c(Cl)c1. The number of allylic oxidation sites excluding steroid dienone is 32. The number of fused-ring (bicyclic) bond motifs is 8. The zero-order valence-electron chi connectivity index (χ0n) is 59.0. The molecule has 17 heteroatoms. The van der Waals surface area contributed by atoms with Crippen molar-refractivity contribution in [2.24, 2.45) is 0 Å². The fourth-order valence-electron chi connectivity index (χ4n) is 23.8. The van der Waals surface area contributed by atoms with Gasteiger partial charge in [-0.1, -0.05) is 0 Å². The third kappa shape index (κ3) is 8.78. The first kappa shape index (κ1) is 73.7. The molecular formula is C82H88Cl10HfSi6. The van der Waals surface area contributed by atoms with Crippen LogP contribution in [0.3, 0.4) is 0 Å². The van der Waals surface area contributed by atoms with E-state index < -0.39 is 78.6 Å². The van der Waals surface area contributed by atoms with E-state index in [0.717, 1.165) is 109 Å². The van der Waals surface area contributed by atoms with Crippen molar-refractivity contribution in [1.29, 1.82) is 0 Å². The maximum absolute atomic E-state index is 11.8. The molecule has 0 nitrogen and oxygen atoms in total. The number of benzene rings is 4. The van der Waals surface area contributed by atoms with Crippen molar-refractivity contribution >= 4 is 183 Å². The topological polar surface area (TPSA) is 0 Å². The van der Waals surface area contributed by atoms with E-state index in [4.69, 9.17) is 92.8 Å². The van der Waals surface area contributed by atoms with Crippen LogP contribution in [0.5, 0.6) is 0 Å². The Morgan fingerprint density at radius 2 is 0.505 bits per heavy atom. The van der Waals surface area contributed by atoms with Crippen LogP contribution >= 0.6 is 110 Å². The number of hydrogen-bond donors (Lipinski definition) is 0. The molecule has 0 saturated carbocycles. The molecule has 4 aromatic rings. The molecule has 8 unspecified atom stereocenters. The summed E-state index contributed by atoms with van der Waals surface area (Å²) in [4.78, 5) is 0. The molecule has 0 bridgehead atoms. The van der Waals surface area contributed by atoms with Crippen LogP contribution in [0, 0.1) is 0 Å². The summed E-state index contributed by atoms with van der Waals surface area (Å²) in [5.74, 6) is -0.930. The van der Waals surface area contributed by atoms with Crippen LogP contribution in [0.2, 0.25) is 117 Å². The van der Waals surface area contributed by atoms with Crippen molar-refractivity contribution < 1.29 is 14.7 Å². The second kappa shape index (κ2) is 25.8. The van der Waals surface area contributed by atoms with Gasteiger partial charge in [0.1, 0.15) is 0 Å². The van der Waals surface area contributed by atoms with Gasteiger partial charge in [-0.25, -0.2) is 0 Å². The van der Waals surface area contributed by atoms with Gasteiger partial charge in [-0.05, 0) is 0 Å². The van der Waals surface area contributed by atoms with Gasteiger partial charge < -0.3 is 0 Å². The fraction of sp³-hybridized carbons (Fsp3) is 0.317. The molecule has 514 valence electrons. The zero-order chi connectivity index (χ0) is 71.0. The molecule has 0 N–H and O–H groups in total. The first-order valence-electron chi connectivity index (χ1n) is 35.9. The Kier molecular flexibility index (Phi) is 19.2. The summed E-state index contributed by atoms with van der Waals surface area (Å²) in [6.07, 6.45) is 51.5. The molecule has 2 fully saturated rings. The average Bonchev–Trinajstić information content (AvgIpc) is 1.52. The third-order valence-corrected chi connectivity index (χ3v) is 153. The molecule has 0 aromatic heterocycles. The minimum atomic E-state index is -8.20. The molecule has 2 heterocycles. The van der Waals surface area contributed by atoms with Crippen molar-refractivity contribution in [3.05, 3.63) is 299 Å². The van der Waals surface area contributed by atoms with Crippen molar-refractivity contribution in [1.82, 2.24) is 0 Å². The Bertz CT molecular complexity index is 4150. The van der Waals surface area contributed by atoms with E-state index in [9.17, 15) is 17.2 Å². The van der Waals surface area contributed by atoms with Gasteiger partial charge in [0, 0.05) is 0 Å². The van der Waals surface area contributed by atoms with Crippen molar-refractivity contribution in [2.75, 3.05) is 0 Å². The fourth-order valence-corrected chi connectivity index (χ4v) is 207. The Labute approximate surface area is 643 Å². The normalized spacial score (nSPS) is 30.7. The predicted octanol–water partition coefficient (Wildman–Crippen LogP) is 24.3. The molecule has 2 aliphatic heterocycles. The van der Waals surface area contributed by atoms with E-state index in [2.05, 4.69) is 263 Å². The Balaban J connectivity index is 1.23. The predicted molar refractivity (Wildman–Crippen MR) is 454 cm³/mol. The standard InChI is InChI=1S/2C41H44Cl4Si3.2ClH.Hf/c2*1-8-24-18-32-28(26-20-34(42)40(46(3)4)35(43)21-26)14-10-12-16-30(32)38(24)48(7)39-25(9-2)19-33-29(15-11-13-17-31(33)39)27-22-36(44)41(47(5)6)37(45)23-27;;;/h2*10-23,28-29,46-48H,8-9H2,1-7H3;2*1H;/q;;;;+2/p-2. The quantitative estimate of drug-likeness (QED) is 0.124. The Morgan fingerprint density at radius 3 is 0.667 bits per heavy atom. The first-order chi connectivity index (χ1) is 47.0. The van der Waals surface area contributed by atoms with Crippen molar-refractivity contribution in [2.45, 2.75) is 154 Å². The summed E-state index contributed by atoms with van der Waals surface area (Å²) < 4.78 is -3.43. The Hall–Kier alpha value is -2.21. The molecule has 8 atom stereocenters. The van der Waals surface area contributed by atoms with E-state index in [1.807, 2.05) is 0 Å². The summed E-state index contributed by atoms with van der Waals surface area (Å²) >= 11 is 52.2. The first-order valence-corrected chi connectivity index (χ1v) is 71.2. The summed E-state index contributed by atoms with van der Waals surface area (Å²) in [5.41, 5.74) is 19.9.